The molecule has 1 aromatic carbocycles. The van der Waals surface area contributed by atoms with Crippen LogP contribution in [0.2, 0.25) is 0 Å². The van der Waals surface area contributed by atoms with Gasteiger partial charge in [-0.2, -0.15) is 5.26 Å². The maximum absolute atomic E-state index is 13.6. The van der Waals surface area contributed by atoms with E-state index in [1.165, 1.54) is 12.3 Å². The fourth-order valence-corrected chi connectivity index (χ4v) is 2.07. The number of benzene rings is 1. The van der Waals surface area contributed by atoms with Crippen molar-refractivity contribution in [2.75, 3.05) is 0 Å². The molecule has 96 valence electrons. The van der Waals surface area contributed by atoms with Crippen LogP contribution in [0, 0.1) is 23.0 Å². The molecule has 0 N–H and O–H groups in total. The summed E-state index contributed by atoms with van der Waals surface area (Å²) in [4.78, 5) is 12.1. The SMILES string of the molecule is N#CC(C(=O)c1ccoc1Br)c1ccc(F)cc1F. The first-order valence-electron chi connectivity index (χ1n) is 5.16. The summed E-state index contributed by atoms with van der Waals surface area (Å²) in [5.74, 6) is -3.67. The molecule has 2 aromatic rings. The molecular formula is C13H6BrF2NO2. The number of hydrogen-bond donors (Lipinski definition) is 0. The molecule has 2 rings (SSSR count). The van der Waals surface area contributed by atoms with Gasteiger partial charge in [-0.25, -0.2) is 8.78 Å². The lowest BCUT2D eigenvalue weighted by atomic mass is 9.92. The summed E-state index contributed by atoms with van der Waals surface area (Å²) < 4.78 is 31.5. The highest BCUT2D eigenvalue weighted by Crippen LogP contribution is 2.27. The van der Waals surface area contributed by atoms with Gasteiger partial charge < -0.3 is 4.42 Å². The van der Waals surface area contributed by atoms with Gasteiger partial charge in [-0.15, -0.1) is 0 Å². The number of nitrogens with zero attached hydrogens (tertiary/aromatic N) is 1. The van der Waals surface area contributed by atoms with Crippen molar-refractivity contribution >= 4 is 21.7 Å². The Bertz CT molecular complexity index is 676. The van der Waals surface area contributed by atoms with Crippen LogP contribution in [-0.2, 0) is 0 Å². The molecule has 0 aliphatic heterocycles. The van der Waals surface area contributed by atoms with Crippen LogP contribution >= 0.6 is 15.9 Å². The van der Waals surface area contributed by atoms with Crippen molar-refractivity contribution in [3.05, 3.63) is 58.0 Å². The molecule has 0 saturated heterocycles. The Kier molecular flexibility index (Phi) is 3.76. The van der Waals surface area contributed by atoms with Crippen molar-refractivity contribution in [2.45, 2.75) is 5.92 Å². The van der Waals surface area contributed by atoms with E-state index in [1.54, 1.807) is 6.07 Å². The van der Waals surface area contributed by atoms with Gasteiger partial charge in [0.05, 0.1) is 17.9 Å². The van der Waals surface area contributed by atoms with Crippen LogP contribution in [-0.4, -0.2) is 5.78 Å². The van der Waals surface area contributed by atoms with E-state index in [2.05, 4.69) is 15.9 Å². The second-order valence-electron chi connectivity index (χ2n) is 3.70. The predicted molar refractivity (Wildman–Crippen MR) is 65.5 cm³/mol. The van der Waals surface area contributed by atoms with Gasteiger partial charge in [0.2, 0.25) is 0 Å². The van der Waals surface area contributed by atoms with E-state index in [9.17, 15) is 13.6 Å². The minimum absolute atomic E-state index is 0.135. The quantitative estimate of drug-likeness (QED) is 0.806. The Morgan fingerprint density at radius 2 is 2.11 bits per heavy atom. The van der Waals surface area contributed by atoms with Gasteiger partial charge in [0, 0.05) is 11.6 Å². The first-order valence-corrected chi connectivity index (χ1v) is 5.95. The van der Waals surface area contributed by atoms with E-state index in [0.29, 0.717) is 6.07 Å². The summed E-state index contributed by atoms with van der Waals surface area (Å²) in [6.45, 7) is 0. The van der Waals surface area contributed by atoms with E-state index >= 15 is 0 Å². The van der Waals surface area contributed by atoms with Gasteiger partial charge in [0.1, 0.15) is 17.6 Å². The second-order valence-corrected chi connectivity index (χ2v) is 4.42. The van der Waals surface area contributed by atoms with Crippen LogP contribution in [0.5, 0.6) is 0 Å². The smallest absolute Gasteiger partial charge is 0.188 e. The highest BCUT2D eigenvalue weighted by atomic mass is 79.9. The lowest BCUT2D eigenvalue weighted by molar-refractivity contribution is 0.0975. The number of nitriles is 1. The van der Waals surface area contributed by atoms with Crippen LogP contribution < -0.4 is 0 Å². The fraction of sp³-hybridized carbons (Fsp3) is 0.0769. The Labute approximate surface area is 115 Å². The Balaban J connectivity index is 2.44. The van der Waals surface area contributed by atoms with E-state index in [1.807, 2.05) is 0 Å². The standard InChI is InChI=1S/C13H6BrF2NO2/c14-13-9(3-4-19-13)12(18)10(6-17)8-2-1-7(15)5-11(8)16/h1-5,10H. The average Bonchev–Trinajstić information content (AvgIpc) is 2.78. The number of furan rings is 1. The molecule has 0 aliphatic carbocycles. The molecule has 1 unspecified atom stereocenters. The molecule has 0 amide bonds. The zero-order valence-corrected chi connectivity index (χ0v) is 10.9. The molecule has 1 heterocycles. The zero-order chi connectivity index (χ0) is 14.0. The number of ketones is 1. The first kappa shape index (κ1) is 13.4. The van der Waals surface area contributed by atoms with Crippen molar-refractivity contribution in [1.82, 2.24) is 0 Å². The maximum atomic E-state index is 13.6. The summed E-state index contributed by atoms with van der Waals surface area (Å²) in [7, 11) is 0. The molecule has 0 bridgehead atoms. The monoisotopic (exact) mass is 325 g/mol. The van der Waals surface area contributed by atoms with E-state index < -0.39 is 23.3 Å². The molecular weight excluding hydrogens is 320 g/mol. The minimum Gasteiger partial charge on any atom is -0.457 e. The molecule has 1 aromatic heterocycles. The summed E-state index contributed by atoms with van der Waals surface area (Å²) in [6.07, 6.45) is 1.27. The summed E-state index contributed by atoms with van der Waals surface area (Å²) in [6, 6.07) is 5.82. The topological polar surface area (TPSA) is 54.0 Å². The summed E-state index contributed by atoms with van der Waals surface area (Å²) in [5.41, 5.74) is -0.0303. The summed E-state index contributed by atoms with van der Waals surface area (Å²) in [5, 5.41) is 9.06. The Morgan fingerprint density at radius 1 is 1.37 bits per heavy atom. The van der Waals surface area contributed by atoms with Gasteiger partial charge in [-0.3, -0.25) is 4.79 Å². The molecule has 1 atom stereocenters. The second kappa shape index (κ2) is 5.33. The van der Waals surface area contributed by atoms with Gasteiger partial charge in [-0.1, -0.05) is 6.07 Å². The van der Waals surface area contributed by atoms with Crippen molar-refractivity contribution in [2.24, 2.45) is 0 Å². The average molecular weight is 326 g/mol. The number of carbonyl (C=O) groups excluding carboxylic acids is 1. The molecule has 0 aliphatic rings. The Hall–Kier alpha value is -2.00. The van der Waals surface area contributed by atoms with Crippen molar-refractivity contribution in [1.29, 1.82) is 5.26 Å². The van der Waals surface area contributed by atoms with Crippen LogP contribution in [0.1, 0.15) is 21.8 Å². The zero-order valence-electron chi connectivity index (χ0n) is 9.36. The third-order valence-corrected chi connectivity index (χ3v) is 3.16. The molecule has 0 fully saturated rings. The highest BCUT2D eigenvalue weighted by Gasteiger charge is 2.27. The predicted octanol–water partition coefficient (Wildman–Crippen LogP) is 3.81. The third kappa shape index (κ3) is 2.56. The van der Waals surface area contributed by atoms with E-state index in [4.69, 9.17) is 9.68 Å². The largest absolute Gasteiger partial charge is 0.457 e. The molecule has 19 heavy (non-hydrogen) atoms. The van der Waals surface area contributed by atoms with Crippen LogP contribution in [0.25, 0.3) is 0 Å². The van der Waals surface area contributed by atoms with Crippen molar-refractivity contribution in [3.8, 4) is 6.07 Å². The minimum atomic E-state index is -1.35. The van der Waals surface area contributed by atoms with Gasteiger partial charge in [0.15, 0.2) is 10.5 Å². The number of halogens is 3. The normalized spacial score (nSPS) is 11.9. The highest BCUT2D eigenvalue weighted by molar-refractivity contribution is 9.10. The molecule has 0 radical (unpaired) electrons. The molecule has 0 spiro atoms. The molecule has 6 heteroatoms. The third-order valence-electron chi connectivity index (χ3n) is 2.55. The van der Waals surface area contributed by atoms with Gasteiger partial charge in [0.25, 0.3) is 0 Å². The molecule has 0 saturated carbocycles. The van der Waals surface area contributed by atoms with Crippen molar-refractivity contribution < 1.29 is 18.0 Å². The Morgan fingerprint density at radius 3 is 2.63 bits per heavy atom. The van der Waals surface area contributed by atoms with Crippen LogP contribution in [0.3, 0.4) is 0 Å². The van der Waals surface area contributed by atoms with Crippen molar-refractivity contribution in [3.63, 3.8) is 0 Å². The lowest BCUT2D eigenvalue weighted by Gasteiger charge is -2.08. The lowest BCUT2D eigenvalue weighted by Crippen LogP contribution is -2.12. The summed E-state index contributed by atoms with van der Waals surface area (Å²) >= 11 is 3.02. The number of hydrogen-bond acceptors (Lipinski definition) is 3. The van der Waals surface area contributed by atoms with E-state index in [0.717, 1.165) is 12.1 Å². The van der Waals surface area contributed by atoms with E-state index in [-0.39, 0.29) is 15.8 Å². The van der Waals surface area contributed by atoms with Crippen LogP contribution in [0.15, 0.2) is 39.6 Å². The maximum Gasteiger partial charge on any atom is 0.188 e. The number of carbonyl (C=O) groups is 1. The number of rotatable bonds is 3. The van der Waals surface area contributed by atoms with Crippen LogP contribution in [0.4, 0.5) is 8.78 Å². The molecule has 3 nitrogen and oxygen atoms in total. The first-order chi connectivity index (χ1) is 9.04. The fourth-order valence-electron chi connectivity index (χ4n) is 1.63. The van der Waals surface area contributed by atoms with Gasteiger partial charge >= 0.3 is 0 Å². The van der Waals surface area contributed by atoms with Gasteiger partial charge in [-0.05, 0) is 28.1 Å². The number of Topliss-reactive ketones (excluding diaryl/α,β-unsaturated/α-hetero) is 1.